The van der Waals surface area contributed by atoms with E-state index in [0.717, 1.165) is 4.31 Å². The first kappa shape index (κ1) is 30.1. The quantitative estimate of drug-likeness (QED) is 0.331. The third-order valence-electron chi connectivity index (χ3n) is 7.40. The topological polar surface area (TPSA) is 110 Å². The lowest BCUT2D eigenvalue weighted by Crippen LogP contribution is -2.48. The van der Waals surface area contributed by atoms with E-state index in [0.29, 0.717) is 39.1 Å². The minimum Gasteiger partial charge on any atom is -0.497 e. The third-order valence-corrected chi connectivity index (χ3v) is 9.17. The number of hydrogen-bond acceptors (Lipinski definition) is 6. The second kappa shape index (κ2) is 11.1. The third kappa shape index (κ3) is 5.23. The normalized spacial score (nSPS) is 15.2. The van der Waals surface area contributed by atoms with Crippen molar-refractivity contribution in [1.82, 2.24) is 18.5 Å². The predicted octanol–water partition coefficient (Wildman–Crippen LogP) is 4.59. The van der Waals surface area contributed by atoms with Crippen LogP contribution in [0.4, 0.5) is 0 Å². The van der Waals surface area contributed by atoms with Gasteiger partial charge in [-0.3, -0.25) is 9.59 Å². The second-order valence-electron chi connectivity index (χ2n) is 11.6. The molecule has 2 heterocycles. The van der Waals surface area contributed by atoms with Gasteiger partial charge in [-0.25, -0.2) is 3.97 Å². The van der Waals surface area contributed by atoms with Crippen molar-refractivity contribution < 1.29 is 27.5 Å². The molecule has 1 aromatic heterocycles. The van der Waals surface area contributed by atoms with Crippen molar-refractivity contribution >= 4 is 32.9 Å². The first-order chi connectivity index (χ1) is 20.3. The van der Waals surface area contributed by atoms with Crippen LogP contribution in [-0.2, 0) is 21.5 Å². The Hall–Kier alpha value is -4.35. The van der Waals surface area contributed by atoms with Crippen molar-refractivity contribution in [2.24, 2.45) is 0 Å². The van der Waals surface area contributed by atoms with Gasteiger partial charge in [0.25, 0.3) is 5.91 Å². The molecule has 4 aromatic rings. The summed E-state index contributed by atoms with van der Waals surface area (Å²) in [5, 5.41) is 3.60. The van der Waals surface area contributed by atoms with Gasteiger partial charge in [0.15, 0.2) is 0 Å². The number of hydrogen-bond donors (Lipinski definition) is 1. The number of ether oxygens (including phenoxy) is 2. The molecule has 11 heteroatoms. The molecule has 5 rings (SSSR count). The van der Waals surface area contributed by atoms with Crippen molar-refractivity contribution in [3.8, 4) is 22.8 Å². The molecular weight excluding hydrogens is 568 g/mol. The number of nitrogens with one attached hydrogen (secondary N) is 1. The molecule has 0 aliphatic carbocycles. The van der Waals surface area contributed by atoms with Gasteiger partial charge < -0.3 is 19.7 Å². The molecule has 2 amide bonds. The molecule has 0 fully saturated rings. The summed E-state index contributed by atoms with van der Waals surface area (Å²) >= 11 is 0. The van der Waals surface area contributed by atoms with Crippen molar-refractivity contribution in [1.29, 1.82) is 0 Å². The van der Waals surface area contributed by atoms with Gasteiger partial charge >= 0.3 is 10.2 Å². The van der Waals surface area contributed by atoms with Crippen molar-refractivity contribution in [3.05, 3.63) is 83.4 Å². The minimum absolute atomic E-state index is 0.00193. The van der Waals surface area contributed by atoms with Crippen molar-refractivity contribution in [2.75, 3.05) is 28.3 Å². The highest BCUT2D eigenvalue weighted by Crippen LogP contribution is 2.46. The Morgan fingerprint density at radius 2 is 1.60 bits per heavy atom. The number of amides is 2. The molecule has 3 aromatic carbocycles. The first-order valence-corrected chi connectivity index (χ1v) is 15.2. The van der Waals surface area contributed by atoms with Crippen LogP contribution < -0.4 is 14.8 Å². The maximum Gasteiger partial charge on any atom is 0.308 e. The number of carbonyl (C=O) groups is 2. The predicted molar refractivity (Wildman–Crippen MR) is 165 cm³/mol. The number of fused-ring (bicyclic) bond motifs is 5. The molecule has 0 radical (unpaired) electrons. The number of rotatable bonds is 7. The lowest BCUT2D eigenvalue weighted by molar-refractivity contribution is -0.127. The van der Waals surface area contributed by atoms with E-state index in [2.05, 4.69) is 5.32 Å². The van der Waals surface area contributed by atoms with Crippen LogP contribution in [0, 0.1) is 0 Å². The van der Waals surface area contributed by atoms with E-state index in [1.54, 1.807) is 73.8 Å². The standard InChI is InChI=1S/C32H36N4O6S/c1-32(2,3)33-30(37)29-27-24-14-10-11-15-25(24)36(43(39,40)34(4)5)28(27)22-12-8-9-13-23(22)31(38)35(29)19-20-16-17-21(41-6)18-26(20)42-7/h8-18,29H,19H2,1-7H3,(H,33,37). The number of carbonyl (C=O) groups excluding carboxylic acids is 2. The monoisotopic (exact) mass is 604 g/mol. The molecule has 0 bridgehead atoms. The van der Waals surface area contributed by atoms with Gasteiger partial charge in [-0.2, -0.15) is 12.7 Å². The van der Waals surface area contributed by atoms with E-state index in [4.69, 9.17) is 9.47 Å². The van der Waals surface area contributed by atoms with Crippen LogP contribution in [0.5, 0.6) is 11.5 Å². The van der Waals surface area contributed by atoms with Crippen LogP contribution in [0.1, 0.15) is 48.3 Å². The van der Waals surface area contributed by atoms with Crippen LogP contribution in [0.2, 0.25) is 0 Å². The zero-order valence-corrected chi connectivity index (χ0v) is 26.2. The molecule has 0 saturated carbocycles. The number of nitrogens with zero attached hydrogens (tertiary/aromatic N) is 3. The fraction of sp³-hybridized carbons (Fsp3) is 0.312. The van der Waals surface area contributed by atoms with Crippen LogP contribution in [-0.4, -0.2) is 67.3 Å². The summed E-state index contributed by atoms with van der Waals surface area (Å²) in [6.07, 6.45) is 0. The smallest absolute Gasteiger partial charge is 0.308 e. The van der Waals surface area contributed by atoms with Crippen molar-refractivity contribution in [2.45, 2.75) is 38.9 Å². The highest BCUT2D eigenvalue weighted by molar-refractivity contribution is 7.87. The maximum absolute atomic E-state index is 14.6. The Kier molecular flexibility index (Phi) is 7.74. The number of aromatic nitrogens is 1. The van der Waals surface area contributed by atoms with Gasteiger partial charge in [-0.15, -0.1) is 0 Å². The largest absolute Gasteiger partial charge is 0.497 e. The zero-order chi connectivity index (χ0) is 31.3. The number of methoxy groups -OCH3 is 2. The summed E-state index contributed by atoms with van der Waals surface area (Å²) in [6, 6.07) is 18.0. The van der Waals surface area contributed by atoms with E-state index in [1.165, 1.54) is 30.1 Å². The average molecular weight is 605 g/mol. The van der Waals surface area contributed by atoms with Gasteiger partial charge in [0, 0.05) is 53.3 Å². The summed E-state index contributed by atoms with van der Waals surface area (Å²) in [6.45, 7) is 5.57. The summed E-state index contributed by atoms with van der Waals surface area (Å²) in [7, 11) is 1.89. The van der Waals surface area contributed by atoms with Crippen molar-refractivity contribution in [3.63, 3.8) is 0 Å². The average Bonchev–Trinajstić information content (AvgIpc) is 3.26. The van der Waals surface area contributed by atoms with Gasteiger partial charge in [-0.1, -0.05) is 36.4 Å². The minimum atomic E-state index is -4.10. The molecular formula is C32H36N4O6S. The Balaban J connectivity index is 1.90. The van der Waals surface area contributed by atoms with Crippen LogP contribution in [0.25, 0.3) is 22.2 Å². The summed E-state index contributed by atoms with van der Waals surface area (Å²) in [5.74, 6) is 0.205. The van der Waals surface area contributed by atoms with Crippen LogP contribution in [0.3, 0.4) is 0 Å². The molecule has 1 aliphatic heterocycles. The molecule has 1 N–H and O–H groups in total. The van der Waals surface area contributed by atoms with E-state index < -0.39 is 33.6 Å². The molecule has 1 aliphatic rings. The summed E-state index contributed by atoms with van der Waals surface area (Å²) in [5.41, 5.74) is 1.81. The van der Waals surface area contributed by atoms with Crippen LogP contribution in [0.15, 0.2) is 66.7 Å². The van der Waals surface area contributed by atoms with E-state index >= 15 is 0 Å². The second-order valence-corrected chi connectivity index (χ2v) is 13.6. The van der Waals surface area contributed by atoms with E-state index in [1.807, 2.05) is 20.8 Å². The van der Waals surface area contributed by atoms with Crippen LogP contribution >= 0.6 is 0 Å². The fourth-order valence-corrected chi connectivity index (χ4v) is 6.68. The molecule has 0 saturated heterocycles. The van der Waals surface area contributed by atoms with E-state index in [9.17, 15) is 18.0 Å². The zero-order valence-electron chi connectivity index (χ0n) is 25.3. The van der Waals surface area contributed by atoms with Gasteiger partial charge in [0.05, 0.1) is 32.0 Å². The molecule has 1 atom stereocenters. The Labute approximate surface area is 252 Å². The fourth-order valence-electron chi connectivity index (χ4n) is 5.51. The highest BCUT2D eigenvalue weighted by atomic mass is 32.2. The lowest BCUT2D eigenvalue weighted by Gasteiger charge is -2.33. The number of benzene rings is 3. The molecule has 43 heavy (non-hydrogen) atoms. The Morgan fingerprint density at radius 1 is 0.953 bits per heavy atom. The summed E-state index contributed by atoms with van der Waals surface area (Å²) in [4.78, 5) is 30.4. The molecule has 0 spiro atoms. The molecule has 1 unspecified atom stereocenters. The highest BCUT2D eigenvalue weighted by Gasteiger charge is 2.43. The molecule has 226 valence electrons. The number of para-hydroxylation sites is 1. The van der Waals surface area contributed by atoms with Gasteiger partial charge in [0.2, 0.25) is 5.91 Å². The molecule has 10 nitrogen and oxygen atoms in total. The Bertz CT molecular complexity index is 1840. The Morgan fingerprint density at radius 3 is 2.23 bits per heavy atom. The van der Waals surface area contributed by atoms with Gasteiger partial charge in [0.1, 0.15) is 17.5 Å². The van der Waals surface area contributed by atoms with E-state index in [-0.39, 0.29) is 17.8 Å². The SMILES string of the molecule is COc1ccc(CN2C(=O)c3ccccc3-c3c(c4ccccc4n3S(=O)(=O)N(C)C)C2C(=O)NC(C)(C)C)c(OC)c1. The first-order valence-electron chi connectivity index (χ1n) is 13.8. The lowest BCUT2D eigenvalue weighted by atomic mass is 9.96. The van der Waals surface area contributed by atoms with Gasteiger partial charge in [-0.05, 0) is 45.0 Å². The maximum atomic E-state index is 14.6. The summed E-state index contributed by atoms with van der Waals surface area (Å²) < 4.78 is 41.3.